The number of halogens is 3. The zero-order valence-corrected chi connectivity index (χ0v) is 22.7. The molecule has 0 spiro atoms. The van der Waals surface area contributed by atoms with Crippen LogP contribution in [0.4, 0.5) is 13.2 Å². The molecule has 0 bridgehead atoms. The first-order valence-corrected chi connectivity index (χ1v) is 15.0. The van der Waals surface area contributed by atoms with E-state index in [0.717, 1.165) is 44.0 Å². The number of fused-ring (bicyclic) bond motifs is 1. The van der Waals surface area contributed by atoms with Crippen LogP contribution in [0.2, 0.25) is 0 Å². The van der Waals surface area contributed by atoms with Gasteiger partial charge in [-0.2, -0.15) is 13.2 Å². The largest absolute Gasteiger partial charge is 0.416 e. The third-order valence-corrected chi connectivity index (χ3v) is 9.25. The molecule has 3 aromatic rings. The van der Waals surface area contributed by atoms with Gasteiger partial charge in [0.2, 0.25) is 10.0 Å². The summed E-state index contributed by atoms with van der Waals surface area (Å²) in [5.41, 5.74) is 3.46. The number of hydrogen-bond donors (Lipinski definition) is 2. The maximum atomic E-state index is 13.0. The first kappa shape index (κ1) is 27.8. The highest BCUT2D eigenvalue weighted by molar-refractivity contribution is 7.89. The molecule has 1 heterocycles. The summed E-state index contributed by atoms with van der Waals surface area (Å²) in [6.07, 6.45) is 5.61. The van der Waals surface area contributed by atoms with Crippen molar-refractivity contribution in [2.24, 2.45) is 0 Å². The molecule has 39 heavy (non-hydrogen) atoms. The molecule has 2 aliphatic carbocycles. The van der Waals surface area contributed by atoms with Crippen LogP contribution >= 0.6 is 0 Å². The Kier molecular flexibility index (Phi) is 8.11. The standard InChI is InChI=1S/C28H34F3N5O2S/c1-19(34-39(37,38)25-10-5-7-22(16-25)28(29,30)31)14-24-18-36(35-33-24)27-11-4-6-21-15-20(12-13-26(21)27)17-32-23-8-2-3-9-23/h5,7,10,12-13,15-16,18-19,23,27,32,34H,2-4,6,8-9,11,14,17H2,1H3/t19-,27+/m0/s1. The molecule has 7 nitrogen and oxygen atoms in total. The lowest BCUT2D eigenvalue weighted by Gasteiger charge is -2.26. The van der Waals surface area contributed by atoms with Gasteiger partial charge in [-0.15, -0.1) is 5.10 Å². The van der Waals surface area contributed by atoms with Gasteiger partial charge in [-0.1, -0.05) is 42.3 Å². The van der Waals surface area contributed by atoms with Gasteiger partial charge >= 0.3 is 6.18 Å². The SMILES string of the molecule is C[C@@H](Cc1cn([C@@H]2CCCc3cc(CNC4CCCC4)ccc32)nn1)NS(=O)(=O)c1cccc(C(F)(F)F)c1. The van der Waals surface area contributed by atoms with Crippen LogP contribution < -0.4 is 10.0 Å². The van der Waals surface area contributed by atoms with Gasteiger partial charge < -0.3 is 5.32 Å². The van der Waals surface area contributed by atoms with E-state index in [0.29, 0.717) is 17.8 Å². The molecule has 2 aliphatic rings. The second-order valence-corrected chi connectivity index (χ2v) is 12.5. The highest BCUT2D eigenvalue weighted by atomic mass is 32.2. The maximum Gasteiger partial charge on any atom is 0.416 e. The van der Waals surface area contributed by atoms with Crippen molar-refractivity contribution in [3.05, 3.63) is 76.6 Å². The second-order valence-electron chi connectivity index (χ2n) is 10.7. The molecule has 2 atom stereocenters. The van der Waals surface area contributed by atoms with Crippen molar-refractivity contribution in [3.63, 3.8) is 0 Å². The zero-order valence-electron chi connectivity index (χ0n) is 21.9. The fraction of sp³-hybridized carbons (Fsp3) is 0.500. The number of benzene rings is 2. The second kappa shape index (κ2) is 11.4. The van der Waals surface area contributed by atoms with E-state index in [-0.39, 0.29) is 12.5 Å². The molecule has 2 N–H and O–H groups in total. The number of nitrogens with one attached hydrogen (secondary N) is 2. The Balaban J connectivity index is 1.23. The van der Waals surface area contributed by atoms with E-state index < -0.39 is 32.7 Å². The molecule has 0 amide bonds. The fourth-order valence-corrected chi connectivity index (χ4v) is 6.99. The lowest BCUT2D eigenvalue weighted by molar-refractivity contribution is -0.137. The quantitative estimate of drug-likeness (QED) is 0.377. The smallest absolute Gasteiger partial charge is 0.310 e. The molecule has 1 aromatic heterocycles. The maximum absolute atomic E-state index is 13.0. The third kappa shape index (κ3) is 6.70. The van der Waals surface area contributed by atoms with Crippen molar-refractivity contribution in [1.29, 1.82) is 0 Å². The number of alkyl halides is 3. The van der Waals surface area contributed by atoms with Crippen LogP contribution in [-0.4, -0.2) is 35.5 Å². The Morgan fingerprint density at radius 2 is 1.87 bits per heavy atom. The summed E-state index contributed by atoms with van der Waals surface area (Å²) in [6.45, 7) is 2.53. The van der Waals surface area contributed by atoms with E-state index in [1.165, 1.54) is 42.4 Å². The minimum atomic E-state index is -4.62. The number of sulfonamides is 1. The molecule has 2 aromatic carbocycles. The van der Waals surface area contributed by atoms with E-state index in [1.807, 2.05) is 10.9 Å². The lowest BCUT2D eigenvalue weighted by Crippen LogP contribution is -2.34. The summed E-state index contributed by atoms with van der Waals surface area (Å²) in [4.78, 5) is -0.426. The predicted molar refractivity (Wildman–Crippen MR) is 142 cm³/mol. The Morgan fingerprint density at radius 1 is 1.08 bits per heavy atom. The van der Waals surface area contributed by atoms with Crippen LogP contribution in [0.5, 0.6) is 0 Å². The summed E-state index contributed by atoms with van der Waals surface area (Å²) in [7, 11) is -4.14. The van der Waals surface area contributed by atoms with Crippen LogP contribution in [0.1, 0.15) is 79.4 Å². The molecular weight excluding hydrogens is 527 g/mol. The first-order chi connectivity index (χ1) is 18.6. The Hall–Kier alpha value is -2.76. The number of aromatic nitrogens is 3. The predicted octanol–water partition coefficient (Wildman–Crippen LogP) is 5.16. The van der Waals surface area contributed by atoms with Crippen molar-refractivity contribution in [2.75, 3.05) is 0 Å². The van der Waals surface area contributed by atoms with Gasteiger partial charge in [-0.3, -0.25) is 0 Å². The number of nitrogens with zero attached hydrogens (tertiary/aromatic N) is 3. The molecule has 1 saturated carbocycles. The molecule has 11 heteroatoms. The van der Waals surface area contributed by atoms with Crippen LogP contribution in [0.25, 0.3) is 0 Å². The average Bonchev–Trinajstić information content (AvgIpc) is 3.58. The summed E-state index contributed by atoms with van der Waals surface area (Å²) < 4.78 is 68.9. The van der Waals surface area contributed by atoms with Crippen molar-refractivity contribution in [3.8, 4) is 0 Å². The summed E-state index contributed by atoms with van der Waals surface area (Å²) in [5.74, 6) is 0. The van der Waals surface area contributed by atoms with Crippen molar-refractivity contribution in [2.45, 2.75) is 94.0 Å². The summed E-state index contributed by atoms with van der Waals surface area (Å²) >= 11 is 0. The van der Waals surface area contributed by atoms with Gasteiger partial charge in [0.05, 0.1) is 22.2 Å². The van der Waals surface area contributed by atoms with Crippen LogP contribution in [0.3, 0.4) is 0 Å². The number of aryl methyl sites for hydroxylation is 1. The van der Waals surface area contributed by atoms with E-state index in [1.54, 1.807) is 6.92 Å². The third-order valence-electron chi connectivity index (χ3n) is 7.66. The molecule has 0 saturated heterocycles. The zero-order chi connectivity index (χ0) is 27.6. The summed E-state index contributed by atoms with van der Waals surface area (Å²) in [6, 6.07) is 10.5. The Morgan fingerprint density at radius 3 is 2.64 bits per heavy atom. The molecular formula is C28H34F3N5O2S. The Labute approximate surface area is 227 Å². The van der Waals surface area contributed by atoms with Gasteiger partial charge in [0.15, 0.2) is 0 Å². The number of rotatable bonds is 9. The Bertz CT molecular complexity index is 1400. The molecule has 0 aliphatic heterocycles. The highest BCUT2D eigenvalue weighted by Crippen LogP contribution is 2.33. The van der Waals surface area contributed by atoms with Gasteiger partial charge in [0.1, 0.15) is 0 Å². The van der Waals surface area contributed by atoms with E-state index in [4.69, 9.17) is 0 Å². The highest BCUT2D eigenvalue weighted by Gasteiger charge is 2.32. The minimum absolute atomic E-state index is 0.0592. The monoisotopic (exact) mass is 561 g/mol. The van der Waals surface area contributed by atoms with Gasteiger partial charge in [0.25, 0.3) is 0 Å². The van der Waals surface area contributed by atoms with Crippen LogP contribution in [0, 0.1) is 0 Å². The molecule has 0 unspecified atom stereocenters. The fourth-order valence-electron chi connectivity index (χ4n) is 5.71. The van der Waals surface area contributed by atoms with Crippen molar-refractivity contribution >= 4 is 10.0 Å². The van der Waals surface area contributed by atoms with Crippen LogP contribution in [-0.2, 0) is 35.6 Å². The molecule has 0 radical (unpaired) electrons. The van der Waals surface area contributed by atoms with E-state index in [2.05, 4.69) is 38.6 Å². The molecule has 1 fully saturated rings. The first-order valence-electron chi connectivity index (χ1n) is 13.5. The molecule has 5 rings (SSSR count). The minimum Gasteiger partial charge on any atom is -0.310 e. The van der Waals surface area contributed by atoms with Crippen molar-refractivity contribution < 1.29 is 21.6 Å². The van der Waals surface area contributed by atoms with E-state index >= 15 is 0 Å². The normalized spacial score (nSPS) is 19.2. The average molecular weight is 562 g/mol. The van der Waals surface area contributed by atoms with Crippen molar-refractivity contribution in [1.82, 2.24) is 25.0 Å². The lowest BCUT2D eigenvalue weighted by atomic mass is 9.86. The number of hydrogen-bond acceptors (Lipinski definition) is 5. The van der Waals surface area contributed by atoms with Crippen LogP contribution in [0.15, 0.2) is 53.6 Å². The van der Waals surface area contributed by atoms with Gasteiger partial charge in [0, 0.05) is 31.2 Å². The summed E-state index contributed by atoms with van der Waals surface area (Å²) in [5, 5.41) is 12.3. The van der Waals surface area contributed by atoms with Gasteiger partial charge in [-0.05, 0) is 73.9 Å². The van der Waals surface area contributed by atoms with Gasteiger partial charge in [-0.25, -0.2) is 17.8 Å². The van der Waals surface area contributed by atoms with E-state index in [9.17, 15) is 21.6 Å². The topological polar surface area (TPSA) is 88.9 Å². The molecule has 210 valence electrons.